The van der Waals surface area contributed by atoms with Gasteiger partial charge in [-0.1, -0.05) is 53.6 Å². The van der Waals surface area contributed by atoms with E-state index in [9.17, 15) is 4.79 Å². The number of nitrogens with one attached hydrogen (secondary N) is 1. The molecule has 0 aliphatic rings. The maximum atomic E-state index is 12.5. The van der Waals surface area contributed by atoms with Crippen molar-refractivity contribution in [3.8, 4) is 11.3 Å². The predicted octanol–water partition coefficient (Wildman–Crippen LogP) is 5.92. The number of benzene rings is 2. The molecule has 144 valence electrons. The van der Waals surface area contributed by atoms with Gasteiger partial charge in [-0.05, 0) is 49.8 Å². The van der Waals surface area contributed by atoms with Gasteiger partial charge in [-0.25, -0.2) is 4.98 Å². The van der Waals surface area contributed by atoms with E-state index in [1.807, 2.05) is 53.9 Å². The Balaban J connectivity index is 1.72. The van der Waals surface area contributed by atoms with Gasteiger partial charge in [0.05, 0.1) is 22.1 Å². The molecule has 0 saturated heterocycles. The molecule has 4 aromatic rings. The van der Waals surface area contributed by atoms with Crippen molar-refractivity contribution < 1.29 is 4.79 Å². The molecule has 0 radical (unpaired) electrons. The Labute approximate surface area is 174 Å². The highest BCUT2D eigenvalue weighted by atomic mass is 35.5. The lowest BCUT2D eigenvalue weighted by atomic mass is 10.1. The summed E-state index contributed by atoms with van der Waals surface area (Å²) in [6.07, 6.45) is 5.27. The molecule has 0 aliphatic heterocycles. The van der Waals surface area contributed by atoms with Crippen LogP contribution in [0.25, 0.3) is 23.0 Å². The minimum absolute atomic E-state index is 0.255. The van der Waals surface area contributed by atoms with Crippen molar-refractivity contribution in [1.82, 2.24) is 9.38 Å². The lowest BCUT2D eigenvalue weighted by Gasteiger charge is -2.04. The monoisotopic (exact) mass is 401 g/mol. The summed E-state index contributed by atoms with van der Waals surface area (Å²) in [7, 11) is 0. The van der Waals surface area contributed by atoms with Gasteiger partial charge in [0.1, 0.15) is 5.65 Å². The molecule has 4 rings (SSSR count). The first kappa shape index (κ1) is 19.0. The number of anilines is 1. The van der Waals surface area contributed by atoms with Gasteiger partial charge in [0.2, 0.25) is 5.91 Å². The van der Waals surface area contributed by atoms with Crippen LogP contribution in [0.1, 0.15) is 16.8 Å². The number of imidazole rings is 1. The fourth-order valence-corrected chi connectivity index (χ4v) is 3.32. The lowest BCUT2D eigenvalue weighted by Crippen LogP contribution is -2.08. The molecule has 2 aromatic heterocycles. The number of pyridine rings is 1. The van der Waals surface area contributed by atoms with Crippen LogP contribution >= 0.6 is 11.6 Å². The summed E-state index contributed by atoms with van der Waals surface area (Å²) in [6, 6.07) is 19.4. The smallest absolute Gasteiger partial charge is 0.248 e. The Bertz CT molecular complexity index is 1220. The molecule has 2 aromatic carbocycles. The van der Waals surface area contributed by atoms with Crippen molar-refractivity contribution in [3.63, 3.8) is 0 Å². The Morgan fingerprint density at radius 2 is 1.79 bits per heavy atom. The second-order valence-electron chi connectivity index (χ2n) is 6.95. The number of fused-ring (bicyclic) bond motifs is 1. The maximum Gasteiger partial charge on any atom is 0.248 e. The van der Waals surface area contributed by atoms with Crippen LogP contribution in [0, 0.1) is 13.8 Å². The zero-order valence-electron chi connectivity index (χ0n) is 16.2. The molecule has 4 nitrogen and oxygen atoms in total. The molecular formula is C24H20ClN3O. The SMILES string of the molecule is Cc1ccc(-c2nc3cc(C)ccn3c2/C=C/C(=O)Nc2ccccc2Cl)cc1. The molecule has 5 heteroatoms. The van der Waals surface area contributed by atoms with Crippen molar-refractivity contribution in [1.29, 1.82) is 0 Å². The number of amides is 1. The third-order valence-electron chi connectivity index (χ3n) is 4.67. The van der Waals surface area contributed by atoms with E-state index in [1.165, 1.54) is 11.6 Å². The number of carbonyl (C=O) groups is 1. The fraction of sp³-hybridized carbons (Fsp3) is 0.0833. The van der Waals surface area contributed by atoms with Crippen LogP contribution in [0.2, 0.25) is 5.02 Å². The first-order valence-corrected chi connectivity index (χ1v) is 9.68. The first-order chi connectivity index (χ1) is 14.0. The Morgan fingerprint density at radius 1 is 1.03 bits per heavy atom. The fourth-order valence-electron chi connectivity index (χ4n) is 3.14. The molecule has 29 heavy (non-hydrogen) atoms. The van der Waals surface area contributed by atoms with E-state index in [4.69, 9.17) is 16.6 Å². The molecule has 1 amide bonds. The van der Waals surface area contributed by atoms with Gasteiger partial charge in [0.15, 0.2) is 0 Å². The van der Waals surface area contributed by atoms with Crippen molar-refractivity contribution in [3.05, 3.63) is 94.8 Å². The molecule has 0 spiro atoms. The third-order valence-corrected chi connectivity index (χ3v) is 5.00. The van der Waals surface area contributed by atoms with Gasteiger partial charge in [0, 0.05) is 17.8 Å². The van der Waals surface area contributed by atoms with Gasteiger partial charge in [0.25, 0.3) is 0 Å². The summed E-state index contributed by atoms with van der Waals surface area (Å²) in [5.41, 5.74) is 6.41. The number of aromatic nitrogens is 2. The Kier molecular flexibility index (Phi) is 5.19. The number of hydrogen-bond acceptors (Lipinski definition) is 2. The lowest BCUT2D eigenvalue weighted by molar-refractivity contribution is -0.111. The summed E-state index contributed by atoms with van der Waals surface area (Å²) in [5.74, 6) is -0.255. The minimum atomic E-state index is -0.255. The predicted molar refractivity (Wildman–Crippen MR) is 119 cm³/mol. The average Bonchev–Trinajstić information content (AvgIpc) is 3.06. The van der Waals surface area contributed by atoms with Gasteiger partial charge >= 0.3 is 0 Å². The van der Waals surface area contributed by atoms with E-state index in [1.54, 1.807) is 18.2 Å². The highest BCUT2D eigenvalue weighted by Crippen LogP contribution is 2.27. The highest BCUT2D eigenvalue weighted by Gasteiger charge is 2.13. The molecular weight excluding hydrogens is 382 g/mol. The summed E-state index contributed by atoms with van der Waals surface area (Å²) in [4.78, 5) is 17.3. The highest BCUT2D eigenvalue weighted by molar-refractivity contribution is 6.33. The summed E-state index contributed by atoms with van der Waals surface area (Å²) < 4.78 is 1.99. The normalized spacial score (nSPS) is 11.3. The van der Waals surface area contributed by atoms with E-state index in [0.29, 0.717) is 10.7 Å². The van der Waals surface area contributed by atoms with Crippen LogP contribution in [-0.4, -0.2) is 15.3 Å². The van der Waals surface area contributed by atoms with Crippen LogP contribution < -0.4 is 5.32 Å². The molecule has 0 saturated carbocycles. The van der Waals surface area contributed by atoms with Crippen molar-refractivity contribution >= 4 is 34.9 Å². The zero-order valence-corrected chi connectivity index (χ0v) is 16.9. The topological polar surface area (TPSA) is 46.4 Å². The quantitative estimate of drug-likeness (QED) is 0.431. The van der Waals surface area contributed by atoms with Crippen LogP contribution in [0.3, 0.4) is 0 Å². The Hall–Kier alpha value is -3.37. The number of nitrogens with zero attached hydrogens (tertiary/aromatic N) is 2. The number of halogens is 1. The van der Waals surface area contributed by atoms with Crippen molar-refractivity contribution in [2.24, 2.45) is 0 Å². The van der Waals surface area contributed by atoms with Gasteiger partial charge in [-0.15, -0.1) is 0 Å². The molecule has 0 fully saturated rings. The van der Waals surface area contributed by atoms with Gasteiger partial charge < -0.3 is 5.32 Å². The van der Waals surface area contributed by atoms with E-state index in [0.717, 1.165) is 28.2 Å². The van der Waals surface area contributed by atoms with Gasteiger partial charge in [-0.2, -0.15) is 0 Å². The minimum Gasteiger partial charge on any atom is -0.321 e. The standard InChI is InChI=1S/C24H20ClN3O/c1-16-7-9-18(10-8-16)24-21(28-14-13-17(2)15-22(28)27-24)11-12-23(29)26-20-6-4-3-5-19(20)25/h3-15H,1-2H3,(H,26,29)/b12-11+. The molecule has 1 N–H and O–H groups in total. The van der Waals surface area contributed by atoms with Crippen molar-refractivity contribution in [2.45, 2.75) is 13.8 Å². The Morgan fingerprint density at radius 3 is 2.55 bits per heavy atom. The van der Waals surface area contributed by atoms with Gasteiger partial charge in [-0.3, -0.25) is 9.20 Å². The molecule has 0 aliphatic carbocycles. The summed E-state index contributed by atoms with van der Waals surface area (Å²) >= 11 is 6.13. The van der Waals surface area contributed by atoms with E-state index < -0.39 is 0 Å². The van der Waals surface area contributed by atoms with E-state index in [2.05, 4.69) is 24.4 Å². The molecule has 0 bridgehead atoms. The third kappa shape index (κ3) is 4.08. The summed E-state index contributed by atoms with van der Waals surface area (Å²) in [5, 5.41) is 3.31. The number of hydrogen-bond donors (Lipinski definition) is 1. The first-order valence-electron chi connectivity index (χ1n) is 9.30. The molecule has 0 unspecified atom stereocenters. The second kappa shape index (κ2) is 7.94. The maximum absolute atomic E-state index is 12.5. The number of para-hydroxylation sites is 1. The molecule has 0 atom stereocenters. The largest absolute Gasteiger partial charge is 0.321 e. The van der Waals surface area contributed by atoms with Crippen LogP contribution in [0.15, 0.2) is 72.9 Å². The molecule has 2 heterocycles. The van der Waals surface area contributed by atoms with Crippen LogP contribution in [0.4, 0.5) is 5.69 Å². The zero-order chi connectivity index (χ0) is 20.4. The van der Waals surface area contributed by atoms with Crippen LogP contribution in [0.5, 0.6) is 0 Å². The van der Waals surface area contributed by atoms with Crippen LogP contribution in [-0.2, 0) is 4.79 Å². The summed E-state index contributed by atoms with van der Waals surface area (Å²) in [6.45, 7) is 4.09. The average molecular weight is 402 g/mol. The number of rotatable bonds is 4. The van der Waals surface area contributed by atoms with E-state index >= 15 is 0 Å². The van der Waals surface area contributed by atoms with Crippen molar-refractivity contribution in [2.75, 3.05) is 5.32 Å². The van der Waals surface area contributed by atoms with E-state index in [-0.39, 0.29) is 5.91 Å². The number of aryl methyl sites for hydroxylation is 2. The second-order valence-corrected chi connectivity index (χ2v) is 7.35. The number of carbonyl (C=O) groups excluding carboxylic acids is 1.